The lowest BCUT2D eigenvalue weighted by Gasteiger charge is -2.30. The maximum absolute atomic E-state index is 12.3. The molecule has 0 amide bonds. The van der Waals surface area contributed by atoms with Gasteiger partial charge in [0.1, 0.15) is 5.78 Å². The summed E-state index contributed by atoms with van der Waals surface area (Å²) in [6.07, 6.45) is 6.82. The smallest absolute Gasteiger partial charge is 0.142 e. The van der Waals surface area contributed by atoms with E-state index in [1.54, 1.807) is 0 Å². The van der Waals surface area contributed by atoms with Crippen LogP contribution < -0.4 is 0 Å². The van der Waals surface area contributed by atoms with Gasteiger partial charge >= 0.3 is 0 Å². The van der Waals surface area contributed by atoms with Crippen molar-refractivity contribution in [1.29, 1.82) is 0 Å². The van der Waals surface area contributed by atoms with Crippen LogP contribution in [0.1, 0.15) is 52.4 Å². The van der Waals surface area contributed by atoms with E-state index in [0.29, 0.717) is 5.78 Å². The molecule has 3 heteroatoms. The van der Waals surface area contributed by atoms with Gasteiger partial charge in [0.2, 0.25) is 0 Å². The number of Topliss-reactive ketones (excluding diaryl/α,β-unsaturated/α-hetero) is 1. The number of ketones is 1. The molecule has 0 aromatic rings. The standard InChI is InChI=1S/C15H27NO2/c1-15(2)8-7-12(14(15)18)10-16-9-5-3-4-6-13(16)11-17/h12-13,17H,3-11H2,1-2H3. The predicted molar refractivity (Wildman–Crippen MR) is 72.4 cm³/mol. The van der Waals surface area contributed by atoms with Crippen molar-refractivity contribution >= 4 is 5.78 Å². The molecule has 1 N–H and O–H groups in total. The minimum absolute atomic E-state index is 0.120. The number of aliphatic hydroxyl groups is 1. The van der Waals surface area contributed by atoms with Gasteiger partial charge in [-0.25, -0.2) is 0 Å². The molecule has 2 rings (SSSR count). The van der Waals surface area contributed by atoms with Crippen LogP contribution in [0.15, 0.2) is 0 Å². The number of hydrogen-bond donors (Lipinski definition) is 1. The van der Waals surface area contributed by atoms with Gasteiger partial charge in [-0.05, 0) is 32.2 Å². The fourth-order valence-electron chi connectivity index (χ4n) is 3.48. The zero-order valence-electron chi connectivity index (χ0n) is 11.8. The minimum atomic E-state index is -0.120. The number of nitrogens with zero attached hydrogens (tertiary/aromatic N) is 1. The molecular weight excluding hydrogens is 226 g/mol. The van der Waals surface area contributed by atoms with E-state index in [0.717, 1.165) is 32.4 Å². The topological polar surface area (TPSA) is 40.5 Å². The van der Waals surface area contributed by atoms with E-state index < -0.39 is 0 Å². The predicted octanol–water partition coefficient (Wildman–Crippen LogP) is 2.23. The number of carbonyl (C=O) groups excluding carboxylic acids is 1. The molecule has 0 radical (unpaired) electrons. The molecule has 104 valence electrons. The summed E-state index contributed by atoms with van der Waals surface area (Å²) in [5.41, 5.74) is -0.120. The summed E-state index contributed by atoms with van der Waals surface area (Å²) >= 11 is 0. The molecule has 0 bridgehead atoms. The van der Waals surface area contributed by atoms with E-state index in [1.165, 1.54) is 19.3 Å². The zero-order chi connectivity index (χ0) is 13.2. The van der Waals surface area contributed by atoms with Crippen LogP contribution >= 0.6 is 0 Å². The molecule has 2 unspecified atom stereocenters. The normalized spacial score (nSPS) is 33.6. The SMILES string of the molecule is CC1(C)CCC(CN2CCCCCC2CO)C1=O. The van der Waals surface area contributed by atoms with Gasteiger partial charge < -0.3 is 5.11 Å². The molecule has 3 nitrogen and oxygen atoms in total. The van der Waals surface area contributed by atoms with Crippen molar-refractivity contribution in [3.05, 3.63) is 0 Å². The van der Waals surface area contributed by atoms with Crippen molar-refractivity contribution < 1.29 is 9.90 Å². The number of hydrogen-bond acceptors (Lipinski definition) is 3. The van der Waals surface area contributed by atoms with Gasteiger partial charge in [-0.15, -0.1) is 0 Å². The molecule has 1 aliphatic carbocycles. The van der Waals surface area contributed by atoms with E-state index in [2.05, 4.69) is 18.7 Å². The number of aliphatic hydroxyl groups excluding tert-OH is 1. The molecule has 1 saturated heterocycles. The summed E-state index contributed by atoms with van der Waals surface area (Å²) in [6, 6.07) is 0.281. The first kappa shape index (κ1) is 14.0. The average Bonchev–Trinajstić information content (AvgIpc) is 2.55. The Kier molecular flexibility index (Phi) is 4.44. The molecule has 2 aliphatic rings. The Labute approximate surface area is 111 Å². The molecule has 1 saturated carbocycles. The van der Waals surface area contributed by atoms with Crippen molar-refractivity contribution in [2.45, 2.75) is 58.4 Å². The Balaban J connectivity index is 1.97. The van der Waals surface area contributed by atoms with E-state index >= 15 is 0 Å². The van der Waals surface area contributed by atoms with Gasteiger partial charge in [-0.3, -0.25) is 9.69 Å². The van der Waals surface area contributed by atoms with Gasteiger partial charge in [0.15, 0.2) is 0 Å². The fraction of sp³-hybridized carbons (Fsp3) is 0.933. The van der Waals surface area contributed by atoms with Crippen LogP contribution in [0.25, 0.3) is 0 Å². The van der Waals surface area contributed by atoms with Crippen LogP contribution in [0.4, 0.5) is 0 Å². The number of carbonyl (C=O) groups is 1. The first-order chi connectivity index (χ1) is 8.54. The van der Waals surface area contributed by atoms with Crippen molar-refractivity contribution in [3.63, 3.8) is 0 Å². The second kappa shape index (κ2) is 5.70. The Morgan fingerprint density at radius 3 is 2.67 bits per heavy atom. The highest BCUT2D eigenvalue weighted by molar-refractivity contribution is 5.88. The van der Waals surface area contributed by atoms with E-state index in [-0.39, 0.29) is 24.0 Å². The lowest BCUT2D eigenvalue weighted by molar-refractivity contribution is -0.128. The molecular formula is C15H27NO2. The van der Waals surface area contributed by atoms with E-state index in [9.17, 15) is 9.90 Å². The summed E-state index contributed by atoms with van der Waals surface area (Å²) in [4.78, 5) is 14.7. The third-order valence-corrected chi connectivity index (χ3v) is 4.82. The molecule has 1 aliphatic heterocycles. The molecule has 2 atom stereocenters. The monoisotopic (exact) mass is 253 g/mol. The van der Waals surface area contributed by atoms with Crippen molar-refractivity contribution in [2.75, 3.05) is 19.7 Å². The number of likely N-dealkylation sites (tertiary alicyclic amines) is 1. The molecule has 1 heterocycles. The van der Waals surface area contributed by atoms with Crippen LogP contribution in [0, 0.1) is 11.3 Å². The third-order valence-electron chi connectivity index (χ3n) is 4.82. The first-order valence-electron chi connectivity index (χ1n) is 7.44. The summed E-state index contributed by atoms with van der Waals surface area (Å²) < 4.78 is 0. The maximum Gasteiger partial charge on any atom is 0.142 e. The molecule has 0 aromatic carbocycles. The molecule has 0 spiro atoms. The van der Waals surface area contributed by atoms with Gasteiger partial charge in [0, 0.05) is 23.9 Å². The van der Waals surface area contributed by atoms with Crippen LogP contribution in [-0.2, 0) is 4.79 Å². The minimum Gasteiger partial charge on any atom is -0.395 e. The van der Waals surface area contributed by atoms with Gasteiger partial charge in [0.05, 0.1) is 6.61 Å². The highest BCUT2D eigenvalue weighted by Gasteiger charge is 2.41. The summed E-state index contributed by atoms with van der Waals surface area (Å²) in [7, 11) is 0. The van der Waals surface area contributed by atoms with Gasteiger partial charge in [0.25, 0.3) is 0 Å². The molecule has 0 aromatic heterocycles. The van der Waals surface area contributed by atoms with Crippen molar-refractivity contribution in [1.82, 2.24) is 4.90 Å². The summed E-state index contributed by atoms with van der Waals surface area (Å²) in [5.74, 6) is 0.635. The second-order valence-corrected chi connectivity index (χ2v) is 6.66. The lowest BCUT2D eigenvalue weighted by Crippen LogP contribution is -2.42. The quantitative estimate of drug-likeness (QED) is 0.838. The Bertz CT molecular complexity index is 301. The van der Waals surface area contributed by atoms with E-state index in [4.69, 9.17) is 0 Å². The summed E-state index contributed by atoms with van der Waals surface area (Å²) in [5, 5.41) is 9.50. The van der Waals surface area contributed by atoms with Crippen LogP contribution in [0.2, 0.25) is 0 Å². The number of rotatable bonds is 3. The van der Waals surface area contributed by atoms with Gasteiger partial charge in [-0.2, -0.15) is 0 Å². The fourth-order valence-corrected chi connectivity index (χ4v) is 3.48. The highest BCUT2D eigenvalue weighted by Crippen LogP contribution is 2.38. The largest absolute Gasteiger partial charge is 0.395 e. The van der Waals surface area contributed by atoms with Crippen LogP contribution in [0.5, 0.6) is 0 Å². The molecule has 18 heavy (non-hydrogen) atoms. The third kappa shape index (κ3) is 2.94. The molecule has 2 fully saturated rings. The highest BCUT2D eigenvalue weighted by atomic mass is 16.3. The van der Waals surface area contributed by atoms with Crippen LogP contribution in [0.3, 0.4) is 0 Å². The van der Waals surface area contributed by atoms with Crippen molar-refractivity contribution in [2.24, 2.45) is 11.3 Å². The van der Waals surface area contributed by atoms with E-state index in [1.807, 2.05) is 0 Å². The summed E-state index contributed by atoms with van der Waals surface area (Å²) in [6.45, 7) is 6.30. The Hall–Kier alpha value is -0.410. The van der Waals surface area contributed by atoms with Gasteiger partial charge in [-0.1, -0.05) is 26.7 Å². The Morgan fingerprint density at radius 1 is 1.28 bits per heavy atom. The Morgan fingerprint density at radius 2 is 2.06 bits per heavy atom. The first-order valence-corrected chi connectivity index (χ1v) is 7.44. The maximum atomic E-state index is 12.3. The second-order valence-electron chi connectivity index (χ2n) is 6.66. The van der Waals surface area contributed by atoms with Crippen LogP contribution in [-0.4, -0.2) is 41.5 Å². The zero-order valence-corrected chi connectivity index (χ0v) is 11.8. The average molecular weight is 253 g/mol. The lowest BCUT2D eigenvalue weighted by atomic mass is 9.89. The van der Waals surface area contributed by atoms with Crippen molar-refractivity contribution in [3.8, 4) is 0 Å².